The largest absolute Gasteiger partial charge is 0.494 e. The van der Waals surface area contributed by atoms with E-state index in [0.29, 0.717) is 25.1 Å². The summed E-state index contributed by atoms with van der Waals surface area (Å²) in [5.41, 5.74) is 1.88. The van der Waals surface area contributed by atoms with Crippen LogP contribution in [0.3, 0.4) is 0 Å². The number of benzene rings is 2. The van der Waals surface area contributed by atoms with Gasteiger partial charge in [-0.15, -0.1) is 0 Å². The fourth-order valence-electron chi connectivity index (χ4n) is 2.20. The lowest BCUT2D eigenvalue weighted by Gasteiger charge is -2.08. The maximum absolute atomic E-state index is 11.9. The molecule has 1 amide bonds. The summed E-state index contributed by atoms with van der Waals surface area (Å²) >= 11 is 0. The van der Waals surface area contributed by atoms with Crippen LogP contribution in [0.15, 0.2) is 48.5 Å². The molecule has 0 aliphatic heterocycles. The molecule has 0 saturated carbocycles. The van der Waals surface area contributed by atoms with E-state index in [9.17, 15) is 9.59 Å². The van der Waals surface area contributed by atoms with Gasteiger partial charge in [0.05, 0.1) is 12.2 Å². The molecule has 0 spiro atoms. The topological polar surface area (TPSA) is 75.6 Å². The fourth-order valence-corrected chi connectivity index (χ4v) is 2.20. The number of carbonyl (C=O) groups excluding carboxylic acids is 1. The lowest BCUT2D eigenvalue weighted by Crippen LogP contribution is -2.13. The Morgan fingerprint density at radius 2 is 1.88 bits per heavy atom. The number of anilines is 1. The van der Waals surface area contributed by atoms with E-state index in [-0.39, 0.29) is 11.5 Å². The summed E-state index contributed by atoms with van der Waals surface area (Å²) in [5, 5.41) is 11.6. The van der Waals surface area contributed by atoms with Gasteiger partial charge < -0.3 is 15.2 Å². The van der Waals surface area contributed by atoms with Crippen molar-refractivity contribution in [3.63, 3.8) is 0 Å². The number of ether oxygens (including phenoxy) is 1. The highest BCUT2D eigenvalue weighted by atomic mass is 16.5. The van der Waals surface area contributed by atoms with Crippen LogP contribution in [-0.4, -0.2) is 23.6 Å². The monoisotopic (exact) mass is 327 g/mol. The van der Waals surface area contributed by atoms with Crippen LogP contribution >= 0.6 is 0 Å². The third kappa shape index (κ3) is 5.43. The highest BCUT2D eigenvalue weighted by Gasteiger charge is 2.06. The first kappa shape index (κ1) is 17.5. The predicted molar refractivity (Wildman–Crippen MR) is 92.6 cm³/mol. The van der Waals surface area contributed by atoms with Crippen LogP contribution in [0.4, 0.5) is 5.69 Å². The molecule has 0 aliphatic carbocycles. The number of aromatic carboxylic acids is 1. The molecule has 0 aromatic heterocycles. The van der Waals surface area contributed by atoms with Gasteiger partial charge in [-0.2, -0.15) is 0 Å². The lowest BCUT2D eigenvalue weighted by atomic mass is 10.2. The van der Waals surface area contributed by atoms with E-state index in [1.165, 1.54) is 17.7 Å². The van der Waals surface area contributed by atoms with Crippen LogP contribution in [0.1, 0.15) is 35.7 Å². The van der Waals surface area contributed by atoms with E-state index in [2.05, 4.69) is 12.2 Å². The quantitative estimate of drug-likeness (QED) is 0.724. The number of amides is 1. The molecule has 0 aliphatic rings. The van der Waals surface area contributed by atoms with Gasteiger partial charge in [-0.05, 0) is 48.7 Å². The molecule has 5 nitrogen and oxygen atoms in total. The molecular formula is C19H21NO4. The molecular weight excluding hydrogens is 306 g/mol. The van der Waals surface area contributed by atoms with Crippen molar-refractivity contribution in [2.45, 2.75) is 26.2 Å². The normalized spacial score (nSPS) is 10.2. The van der Waals surface area contributed by atoms with Gasteiger partial charge >= 0.3 is 5.97 Å². The fraction of sp³-hybridized carbons (Fsp3) is 0.263. The summed E-state index contributed by atoms with van der Waals surface area (Å²) in [7, 11) is 0. The van der Waals surface area contributed by atoms with Crippen LogP contribution in [0, 0.1) is 0 Å². The van der Waals surface area contributed by atoms with E-state index >= 15 is 0 Å². The Morgan fingerprint density at radius 1 is 1.12 bits per heavy atom. The molecule has 0 atom stereocenters. The van der Waals surface area contributed by atoms with Gasteiger partial charge in [0.15, 0.2) is 0 Å². The third-order valence-electron chi connectivity index (χ3n) is 3.54. The predicted octanol–water partition coefficient (Wildman–Crippen LogP) is 3.74. The van der Waals surface area contributed by atoms with Crippen molar-refractivity contribution in [2.24, 2.45) is 0 Å². The Balaban J connectivity index is 1.73. The first-order valence-corrected chi connectivity index (χ1v) is 7.93. The zero-order valence-corrected chi connectivity index (χ0v) is 13.6. The molecule has 0 saturated heterocycles. The van der Waals surface area contributed by atoms with Gasteiger partial charge in [0, 0.05) is 12.1 Å². The van der Waals surface area contributed by atoms with Crippen LogP contribution in [-0.2, 0) is 11.2 Å². The standard InChI is InChI=1S/C19H21NO4/c1-2-14-8-10-17(11-9-14)24-12-4-7-18(21)20-16-6-3-5-15(13-16)19(22)23/h3,5-6,8-11,13H,2,4,7,12H2,1H3,(H,20,21)(H,22,23). The van der Waals surface area contributed by atoms with Crippen LogP contribution in [0.5, 0.6) is 5.75 Å². The Labute approximate surface area is 141 Å². The van der Waals surface area contributed by atoms with Crippen LogP contribution in [0.25, 0.3) is 0 Å². The van der Waals surface area contributed by atoms with Crippen molar-refractivity contribution in [3.05, 3.63) is 59.7 Å². The van der Waals surface area contributed by atoms with Gasteiger partial charge in [0.25, 0.3) is 0 Å². The highest BCUT2D eigenvalue weighted by molar-refractivity contribution is 5.93. The molecule has 0 heterocycles. The molecule has 0 unspecified atom stereocenters. The van der Waals surface area contributed by atoms with Crippen LogP contribution in [0.2, 0.25) is 0 Å². The molecule has 2 rings (SSSR count). The van der Waals surface area contributed by atoms with Gasteiger partial charge in [-0.25, -0.2) is 4.79 Å². The molecule has 2 N–H and O–H groups in total. The Bertz CT molecular complexity index is 695. The molecule has 5 heteroatoms. The second-order valence-electron chi connectivity index (χ2n) is 5.38. The average Bonchev–Trinajstić information content (AvgIpc) is 2.59. The minimum absolute atomic E-state index is 0.145. The van der Waals surface area contributed by atoms with Gasteiger partial charge in [0.2, 0.25) is 5.91 Å². The summed E-state index contributed by atoms with van der Waals surface area (Å²) in [5.74, 6) is -0.391. The summed E-state index contributed by atoms with van der Waals surface area (Å²) in [4.78, 5) is 22.8. The number of carboxylic acid groups (broad SMARTS) is 1. The van der Waals surface area contributed by atoms with Crippen molar-refractivity contribution >= 4 is 17.6 Å². The van der Waals surface area contributed by atoms with E-state index in [0.717, 1.165) is 12.2 Å². The number of carboxylic acids is 1. The highest BCUT2D eigenvalue weighted by Crippen LogP contribution is 2.14. The van der Waals surface area contributed by atoms with E-state index in [4.69, 9.17) is 9.84 Å². The number of nitrogens with one attached hydrogen (secondary N) is 1. The Kier molecular flexibility index (Phi) is 6.37. The van der Waals surface area contributed by atoms with E-state index in [1.54, 1.807) is 12.1 Å². The number of aryl methyl sites for hydroxylation is 1. The zero-order chi connectivity index (χ0) is 17.4. The van der Waals surface area contributed by atoms with E-state index < -0.39 is 5.97 Å². The van der Waals surface area contributed by atoms with Crippen molar-refractivity contribution in [1.29, 1.82) is 0 Å². The summed E-state index contributed by atoms with van der Waals surface area (Å²) in [6.07, 6.45) is 1.88. The smallest absolute Gasteiger partial charge is 0.335 e. The maximum Gasteiger partial charge on any atom is 0.335 e. The molecule has 2 aromatic rings. The van der Waals surface area contributed by atoms with Crippen molar-refractivity contribution in [2.75, 3.05) is 11.9 Å². The van der Waals surface area contributed by atoms with Gasteiger partial charge in [-0.3, -0.25) is 4.79 Å². The Morgan fingerprint density at radius 3 is 2.54 bits per heavy atom. The average molecular weight is 327 g/mol. The molecule has 0 bridgehead atoms. The second kappa shape index (κ2) is 8.72. The molecule has 24 heavy (non-hydrogen) atoms. The lowest BCUT2D eigenvalue weighted by molar-refractivity contribution is -0.116. The summed E-state index contributed by atoms with van der Waals surface area (Å²) in [6, 6.07) is 14.1. The van der Waals surface area contributed by atoms with Crippen molar-refractivity contribution < 1.29 is 19.4 Å². The first-order valence-electron chi connectivity index (χ1n) is 7.93. The van der Waals surface area contributed by atoms with Gasteiger partial charge in [0.1, 0.15) is 5.75 Å². The second-order valence-corrected chi connectivity index (χ2v) is 5.38. The number of rotatable bonds is 8. The van der Waals surface area contributed by atoms with E-state index in [1.807, 2.05) is 24.3 Å². The number of hydrogen-bond acceptors (Lipinski definition) is 3. The molecule has 0 radical (unpaired) electrons. The van der Waals surface area contributed by atoms with Crippen molar-refractivity contribution in [3.8, 4) is 5.75 Å². The van der Waals surface area contributed by atoms with Gasteiger partial charge in [-0.1, -0.05) is 25.1 Å². The van der Waals surface area contributed by atoms with Crippen molar-refractivity contribution in [1.82, 2.24) is 0 Å². The zero-order valence-electron chi connectivity index (χ0n) is 13.6. The molecule has 126 valence electrons. The Hall–Kier alpha value is -2.82. The number of hydrogen-bond donors (Lipinski definition) is 2. The SMILES string of the molecule is CCc1ccc(OCCCC(=O)Nc2cccc(C(=O)O)c2)cc1. The summed E-state index contributed by atoms with van der Waals surface area (Å²) in [6.45, 7) is 2.55. The minimum Gasteiger partial charge on any atom is -0.494 e. The number of carbonyl (C=O) groups is 2. The molecule has 0 fully saturated rings. The van der Waals surface area contributed by atoms with Crippen LogP contribution < -0.4 is 10.1 Å². The molecule has 2 aromatic carbocycles. The minimum atomic E-state index is -1.02. The maximum atomic E-state index is 11.9. The third-order valence-corrected chi connectivity index (χ3v) is 3.54. The first-order chi connectivity index (χ1) is 11.6. The summed E-state index contributed by atoms with van der Waals surface area (Å²) < 4.78 is 5.60.